The third-order valence-electron chi connectivity index (χ3n) is 3.22. The summed E-state index contributed by atoms with van der Waals surface area (Å²) in [7, 11) is 0. The molecular weight excluding hydrogens is 236 g/mol. The van der Waals surface area contributed by atoms with E-state index in [4.69, 9.17) is 11.3 Å². The first kappa shape index (κ1) is 13.1. The quantitative estimate of drug-likeness (QED) is 0.494. The maximum atomic E-state index is 8.88. The second kappa shape index (κ2) is 6.05. The Balaban J connectivity index is 2.43. The molecule has 0 aliphatic heterocycles. The highest BCUT2D eigenvalue weighted by molar-refractivity contribution is 5.29. The number of hydrogen-bond donors (Lipinski definition) is 1. The first-order chi connectivity index (χ1) is 9.30. The zero-order valence-corrected chi connectivity index (χ0v) is 10.6. The van der Waals surface area contributed by atoms with E-state index in [1.165, 1.54) is 0 Å². The van der Waals surface area contributed by atoms with E-state index in [0.29, 0.717) is 6.42 Å². The Morgan fingerprint density at radius 3 is 2.11 bits per heavy atom. The number of nitrogens with zero attached hydrogens (tertiary/aromatic N) is 3. The summed E-state index contributed by atoms with van der Waals surface area (Å²) in [5.74, 6) is 0. The van der Waals surface area contributed by atoms with Crippen LogP contribution in [0.15, 0.2) is 65.8 Å². The highest BCUT2D eigenvalue weighted by Gasteiger charge is 2.29. The lowest BCUT2D eigenvalue weighted by Gasteiger charge is -2.28. The molecule has 0 bridgehead atoms. The van der Waals surface area contributed by atoms with Crippen molar-refractivity contribution in [2.24, 2.45) is 10.8 Å². The van der Waals surface area contributed by atoms with Gasteiger partial charge in [0, 0.05) is 11.5 Å². The van der Waals surface area contributed by atoms with Gasteiger partial charge in [0.15, 0.2) is 0 Å². The molecule has 0 aliphatic rings. The predicted molar refractivity (Wildman–Crippen MR) is 76.5 cm³/mol. The lowest BCUT2D eigenvalue weighted by molar-refractivity contribution is 0.451. The van der Waals surface area contributed by atoms with Gasteiger partial charge in [-0.1, -0.05) is 65.8 Å². The Labute approximate surface area is 112 Å². The molecule has 2 aromatic carbocycles. The van der Waals surface area contributed by atoms with Crippen LogP contribution in [0.2, 0.25) is 0 Å². The van der Waals surface area contributed by atoms with Crippen molar-refractivity contribution < 1.29 is 0 Å². The van der Waals surface area contributed by atoms with Crippen molar-refractivity contribution in [1.29, 1.82) is 0 Å². The SMILES string of the molecule is [N-]=[N+]=NC(CN)(Cc1ccccc1)c1ccccc1. The van der Waals surface area contributed by atoms with Crippen molar-refractivity contribution in [2.75, 3.05) is 6.54 Å². The average Bonchev–Trinajstić information content (AvgIpc) is 2.49. The summed E-state index contributed by atoms with van der Waals surface area (Å²) >= 11 is 0. The Morgan fingerprint density at radius 1 is 1.00 bits per heavy atom. The Kier molecular flexibility index (Phi) is 4.18. The first-order valence-corrected chi connectivity index (χ1v) is 6.16. The van der Waals surface area contributed by atoms with Crippen LogP contribution in [0.5, 0.6) is 0 Å². The van der Waals surface area contributed by atoms with Crippen LogP contribution in [0.25, 0.3) is 10.4 Å². The standard InChI is InChI=1S/C15H16N4/c16-12-15(18-19-17,14-9-5-2-6-10-14)11-13-7-3-1-4-8-13/h1-10H,11-12,16H2. The molecule has 1 unspecified atom stereocenters. The van der Waals surface area contributed by atoms with Crippen LogP contribution in [0.3, 0.4) is 0 Å². The van der Waals surface area contributed by atoms with E-state index in [2.05, 4.69) is 10.0 Å². The molecule has 0 spiro atoms. The summed E-state index contributed by atoms with van der Waals surface area (Å²) in [6, 6.07) is 19.6. The van der Waals surface area contributed by atoms with Crippen LogP contribution in [-0.4, -0.2) is 6.54 Å². The van der Waals surface area contributed by atoms with E-state index in [1.54, 1.807) is 0 Å². The number of azide groups is 1. The molecule has 0 saturated heterocycles. The van der Waals surface area contributed by atoms with Crippen LogP contribution in [0.1, 0.15) is 11.1 Å². The summed E-state index contributed by atoms with van der Waals surface area (Å²) in [5, 5.41) is 4.00. The third-order valence-corrected chi connectivity index (χ3v) is 3.22. The molecule has 0 radical (unpaired) electrons. The molecule has 2 rings (SSSR count). The van der Waals surface area contributed by atoms with Gasteiger partial charge < -0.3 is 5.73 Å². The zero-order valence-electron chi connectivity index (χ0n) is 10.6. The van der Waals surface area contributed by atoms with Crippen LogP contribution in [0, 0.1) is 0 Å². The predicted octanol–water partition coefficient (Wildman–Crippen LogP) is 3.39. The first-order valence-electron chi connectivity index (χ1n) is 6.16. The van der Waals surface area contributed by atoms with Crippen molar-refractivity contribution in [3.8, 4) is 0 Å². The topological polar surface area (TPSA) is 74.8 Å². The molecule has 0 saturated carbocycles. The fourth-order valence-corrected chi connectivity index (χ4v) is 2.19. The van der Waals surface area contributed by atoms with Gasteiger partial charge in [0.25, 0.3) is 0 Å². The van der Waals surface area contributed by atoms with Crippen LogP contribution in [-0.2, 0) is 12.0 Å². The van der Waals surface area contributed by atoms with Crippen molar-refractivity contribution in [1.82, 2.24) is 0 Å². The third kappa shape index (κ3) is 2.94. The summed E-state index contributed by atoms with van der Waals surface area (Å²) in [6.45, 7) is 0.274. The van der Waals surface area contributed by atoms with Gasteiger partial charge in [-0.25, -0.2) is 0 Å². The van der Waals surface area contributed by atoms with Gasteiger partial charge in [-0.3, -0.25) is 0 Å². The van der Waals surface area contributed by atoms with E-state index in [-0.39, 0.29) is 6.54 Å². The molecule has 0 fully saturated rings. The summed E-state index contributed by atoms with van der Waals surface area (Å²) < 4.78 is 0. The molecule has 0 aromatic heterocycles. The van der Waals surface area contributed by atoms with Gasteiger partial charge in [-0.2, -0.15) is 0 Å². The molecule has 0 heterocycles. The average molecular weight is 252 g/mol. The number of rotatable bonds is 5. The van der Waals surface area contributed by atoms with Gasteiger partial charge in [0.1, 0.15) is 0 Å². The van der Waals surface area contributed by atoms with Crippen molar-refractivity contribution in [3.63, 3.8) is 0 Å². The Bertz CT molecular complexity index is 561. The van der Waals surface area contributed by atoms with Gasteiger partial charge in [0.2, 0.25) is 0 Å². The van der Waals surface area contributed by atoms with Crippen molar-refractivity contribution in [3.05, 3.63) is 82.2 Å². The van der Waals surface area contributed by atoms with E-state index < -0.39 is 5.54 Å². The van der Waals surface area contributed by atoms with Crippen LogP contribution < -0.4 is 5.73 Å². The summed E-state index contributed by atoms with van der Waals surface area (Å²) in [5.41, 5.74) is 16.1. The second-order valence-electron chi connectivity index (χ2n) is 4.45. The maximum absolute atomic E-state index is 8.88. The lowest BCUT2D eigenvalue weighted by atomic mass is 9.84. The van der Waals surface area contributed by atoms with Gasteiger partial charge in [0.05, 0.1) is 5.54 Å². The molecule has 96 valence electrons. The molecular formula is C15H16N4. The second-order valence-corrected chi connectivity index (χ2v) is 4.45. The summed E-state index contributed by atoms with van der Waals surface area (Å²) in [4.78, 5) is 3.00. The van der Waals surface area contributed by atoms with E-state index in [9.17, 15) is 0 Å². The van der Waals surface area contributed by atoms with Gasteiger partial charge in [-0.05, 0) is 23.1 Å². The number of benzene rings is 2. The zero-order chi connectivity index (χ0) is 13.6. The minimum atomic E-state index is -0.725. The van der Waals surface area contributed by atoms with Crippen LogP contribution in [0.4, 0.5) is 0 Å². The molecule has 1 atom stereocenters. The Morgan fingerprint density at radius 2 is 1.58 bits per heavy atom. The summed E-state index contributed by atoms with van der Waals surface area (Å²) in [6.07, 6.45) is 0.596. The molecule has 4 nitrogen and oxygen atoms in total. The van der Waals surface area contributed by atoms with Crippen molar-refractivity contribution in [2.45, 2.75) is 12.0 Å². The monoisotopic (exact) mass is 252 g/mol. The maximum Gasteiger partial charge on any atom is 0.0899 e. The van der Waals surface area contributed by atoms with E-state index >= 15 is 0 Å². The lowest BCUT2D eigenvalue weighted by Crippen LogP contribution is -2.35. The molecule has 0 aliphatic carbocycles. The van der Waals surface area contributed by atoms with Crippen molar-refractivity contribution >= 4 is 0 Å². The smallest absolute Gasteiger partial charge is 0.0899 e. The Hall–Kier alpha value is -2.29. The number of nitrogens with two attached hydrogens (primary N) is 1. The minimum Gasteiger partial charge on any atom is -0.329 e. The minimum absolute atomic E-state index is 0.274. The highest BCUT2D eigenvalue weighted by atomic mass is 15.2. The molecule has 19 heavy (non-hydrogen) atoms. The van der Waals surface area contributed by atoms with Gasteiger partial charge in [-0.15, -0.1) is 0 Å². The van der Waals surface area contributed by atoms with Gasteiger partial charge >= 0.3 is 0 Å². The van der Waals surface area contributed by atoms with Crippen LogP contribution >= 0.6 is 0 Å². The van der Waals surface area contributed by atoms with E-state index in [0.717, 1.165) is 11.1 Å². The highest BCUT2D eigenvalue weighted by Crippen LogP contribution is 2.29. The molecule has 4 heteroatoms. The fraction of sp³-hybridized carbons (Fsp3) is 0.200. The number of hydrogen-bond acceptors (Lipinski definition) is 2. The largest absolute Gasteiger partial charge is 0.329 e. The normalized spacial score (nSPS) is 13.3. The fourth-order valence-electron chi connectivity index (χ4n) is 2.19. The molecule has 2 aromatic rings. The van der Waals surface area contributed by atoms with E-state index in [1.807, 2.05) is 60.7 Å². The molecule has 2 N–H and O–H groups in total. The molecule has 0 amide bonds.